The van der Waals surface area contributed by atoms with Crippen molar-refractivity contribution in [1.29, 1.82) is 5.26 Å². The minimum atomic E-state index is -0.312. The molecule has 0 aromatic heterocycles. The lowest BCUT2D eigenvalue weighted by atomic mass is 10.1. The van der Waals surface area contributed by atoms with Crippen LogP contribution < -0.4 is 10.1 Å². The van der Waals surface area contributed by atoms with Crippen LogP contribution in [0.4, 0.5) is 0 Å². The summed E-state index contributed by atoms with van der Waals surface area (Å²) < 4.78 is 10.3. The van der Waals surface area contributed by atoms with E-state index in [1.54, 1.807) is 19.2 Å². The van der Waals surface area contributed by atoms with Crippen molar-refractivity contribution < 1.29 is 14.3 Å². The zero-order valence-electron chi connectivity index (χ0n) is 10.5. The average molecular weight is 248 g/mol. The Balaban J connectivity index is 2.82. The first-order valence-electron chi connectivity index (χ1n) is 5.56. The third-order valence-corrected chi connectivity index (χ3v) is 2.25. The molecule has 0 radical (unpaired) electrons. The van der Waals surface area contributed by atoms with Gasteiger partial charge in [-0.3, -0.25) is 4.79 Å². The van der Waals surface area contributed by atoms with E-state index in [1.807, 2.05) is 19.1 Å². The molecule has 0 bridgehead atoms. The van der Waals surface area contributed by atoms with Crippen LogP contribution in [0.3, 0.4) is 0 Å². The first-order chi connectivity index (χ1) is 8.69. The second kappa shape index (κ2) is 7.30. The molecule has 0 aliphatic carbocycles. The number of rotatable bonds is 6. The molecule has 18 heavy (non-hydrogen) atoms. The van der Waals surface area contributed by atoms with E-state index in [4.69, 9.17) is 14.7 Å². The van der Waals surface area contributed by atoms with Crippen molar-refractivity contribution in [3.8, 4) is 11.8 Å². The Kier molecular flexibility index (Phi) is 5.68. The number of nitriles is 1. The molecule has 5 nitrogen and oxygen atoms in total. The number of methoxy groups -OCH3 is 1. The summed E-state index contributed by atoms with van der Waals surface area (Å²) in [5.74, 6) is 0.181. The molecule has 0 atom stereocenters. The van der Waals surface area contributed by atoms with Crippen LogP contribution in [-0.4, -0.2) is 32.8 Å². The number of amides is 1. The van der Waals surface area contributed by atoms with Crippen LogP contribution in [0.15, 0.2) is 18.2 Å². The molecule has 5 heteroatoms. The Morgan fingerprint density at radius 3 is 2.89 bits per heavy atom. The number of ether oxygens (including phenoxy) is 2. The number of hydrogen-bond donors (Lipinski definition) is 1. The van der Waals surface area contributed by atoms with Gasteiger partial charge in [0.15, 0.2) is 0 Å². The van der Waals surface area contributed by atoms with Crippen LogP contribution in [0, 0.1) is 18.3 Å². The third kappa shape index (κ3) is 4.07. The number of hydrogen-bond acceptors (Lipinski definition) is 4. The van der Waals surface area contributed by atoms with Gasteiger partial charge in [-0.1, -0.05) is 11.6 Å². The van der Waals surface area contributed by atoms with Crippen LogP contribution in [0.5, 0.6) is 5.75 Å². The Hall–Kier alpha value is -2.06. The normalized spacial score (nSPS) is 9.61. The standard InChI is InChI=1S/C13H16N2O3/c1-10-3-4-12(18-8-7-17-2)11(9-10)13(16)15-6-5-14/h3-4,9H,6-8H2,1-2H3,(H,15,16). The Labute approximate surface area is 106 Å². The van der Waals surface area contributed by atoms with E-state index in [1.165, 1.54) is 0 Å². The average Bonchev–Trinajstić information content (AvgIpc) is 2.38. The topological polar surface area (TPSA) is 71.3 Å². The fourth-order valence-corrected chi connectivity index (χ4v) is 1.40. The predicted octanol–water partition coefficient (Wildman–Crippen LogP) is 1.27. The van der Waals surface area contributed by atoms with Gasteiger partial charge in [-0.05, 0) is 19.1 Å². The highest BCUT2D eigenvalue weighted by atomic mass is 16.5. The van der Waals surface area contributed by atoms with E-state index < -0.39 is 0 Å². The van der Waals surface area contributed by atoms with Crippen molar-refractivity contribution in [1.82, 2.24) is 5.32 Å². The first-order valence-corrected chi connectivity index (χ1v) is 5.56. The highest BCUT2D eigenvalue weighted by Gasteiger charge is 2.12. The highest BCUT2D eigenvalue weighted by Crippen LogP contribution is 2.19. The molecular weight excluding hydrogens is 232 g/mol. The maximum atomic E-state index is 11.8. The van der Waals surface area contributed by atoms with Crippen LogP contribution in [0.1, 0.15) is 15.9 Å². The van der Waals surface area contributed by atoms with Crippen LogP contribution in [0.25, 0.3) is 0 Å². The number of carbonyl (C=O) groups excluding carboxylic acids is 1. The van der Waals surface area contributed by atoms with Gasteiger partial charge in [-0.2, -0.15) is 5.26 Å². The van der Waals surface area contributed by atoms with Crippen LogP contribution in [0.2, 0.25) is 0 Å². The molecule has 0 saturated carbocycles. The zero-order valence-corrected chi connectivity index (χ0v) is 10.5. The first kappa shape index (κ1) is 14.0. The Morgan fingerprint density at radius 2 is 2.22 bits per heavy atom. The summed E-state index contributed by atoms with van der Waals surface area (Å²) in [6, 6.07) is 7.20. The van der Waals surface area contributed by atoms with Crippen molar-refractivity contribution in [3.05, 3.63) is 29.3 Å². The SMILES string of the molecule is COCCOc1ccc(C)cc1C(=O)NCC#N. The molecule has 1 amide bonds. The summed E-state index contributed by atoms with van der Waals surface area (Å²) in [4.78, 5) is 11.8. The van der Waals surface area contributed by atoms with Crippen molar-refractivity contribution >= 4 is 5.91 Å². The minimum absolute atomic E-state index is 0.0235. The maximum absolute atomic E-state index is 11.8. The summed E-state index contributed by atoms with van der Waals surface area (Å²) in [5.41, 5.74) is 1.39. The Bertz CT molecular complexity index is 452. The second-order valence-corrected chi connectivity index (χ2v) is 3.68. The molecule has 1 N–H and O–H groups in total. The molecule has 1 aromatic rings. The summed E-state index contributed by atoms with van der Waals surface area (Å²) >= 11 is 0. The highest BCUT2D eigenvalue weighted by molar-refractivity contribution is 5.97. The molecule has 0 spiro atoms. The smallest absolute Gasteiger partial charge is 0.255 e. The van der Waals surface area contributed by atoms with E-state index >= 15 is 0 Å². The molecule has 0 aliphatic heterocycles. The maximum Gasteiger partial charge on any atom is 0.255 e. The molecule has 0 unspecified atom stereocenters. The lowest BCUT2D eigenvalue weighted by Gasteiger charge is -2.11. The third-order valence-electron chi connectivity index (χ3n) is 2.25. The summed E-state index contributed by atoms with van der Waals surface area (Å²) in [6.07, 6.45) is 0. The van der Waals surface area contributed by atoms with Gasteiger partial charge in [0.2, 0.25) is 0 Å². The molecule has 0 saturated heterocycles. The van der Waals surface area contributed by atoms with E-state index in [-0.39, 0.29) is 12.5 Å². The summed E-state index contributed by atoms with van der Waals surface area (Å²) in [6.45, 7) is 2.69. The van der Waals surface area contributed by atoms with E-state index in [9.17, 15) is 4.79 Å². The number of benzene rings is 1. The number of nitrogens with one attached hydrogen (secondary N) is 1. The number of nitrogens with zero attached hydrogens (tertiary/aromatic N) is 1. The fourth-order valence-electron chi connectivity index (χ4n) is 1.40. The van der Waals surface area contributed by atoms with E-state index in [0.717, 1.165) is 5.56 Å². The van der Waals surface area contributed by atoms with Crippen molar-refractivity contribution in [2.24, 2.45) is 0 Å². The van der Waals surface area contributed by atoms with Gasteiger partial charge in [-0.15, -0.1) is 0 Å². The molecular formula is C13H16N2O3. The Morgan fingerprint density at radius 1 is 1.44 bits per heavy atom. The lowest BCUT2D eigenvalue weighted by Crippen LogP contribution is -2.24. The molecule has 1 aromatic carbocycles. The zero-order chi connectivity index (χ0) is 13.4. The van der Waals surface area contributed by atoms with Gasteiger partial charge >= 0.3 is 0 Å². The molecule has 1 rings (SSSR count). The molecule has 0 fully saturated rings. The quantitative estimate of drug-likeness (QED) is 0.608. The lowest BCUT2D eigenvalue weighted by molar-refractivity contribution is 0.0950. The van der Waals surface area contributed by atoms with Crippen LogP contribution in [-0.2, 0) is 4.74 Å². The van der Waals surface area contributed by atoms with Gasteiger partial charge < -0.3 is 14.8 Å². The predicted molar refractivity (Wildman–Crippen MR) is 66.5 cm³/mol. The fraction of sp³-hybridized carbons (Fsp3) is 0.385. The van der Waals surface area contributed by atoms with Gasteiger partial charge in [0.05, 0.1) is 18.2 Å². The van der Waals surface area contributed by atoms with Gasteiger partial charge in [0, 0.05) is 7.11 Å². The van der Waals surface area contributed by atoms with Crippen molar-refractivity contribution in [2.75, 3.05) is 26.9 Å². The van der Waals surface area contributed by atoms with Crippen LogP contribution >= 0.6 is 0 Å². The second-order valence-electron chi connectivity index (χ2n) is 3.68. The molecule has 96 valence electrons. The number of aryl methyl sites for hydroxylation is 1. The largest absolute Gasteiger partial charge is 0.490 e. The number of carbonyl (C=O) groups is 1. The van der Waals surface area contributed by atoms with Gasteiger partial charge in [0.1, 0.15) is 18.9 Å². The van der Waals surface area contributed by atoms with Crippen molar-refractivity contribution in [3.63, 3.8) is 0 Å². The van der Waals surface area contributed by atoms with E-state index in [2.05, 4.69) is 5.32 Å². The van der Waals surface area contributed by atoms with Gasteiger partial charge in [0.25, 0.3) is 5.91 Å². The minimum Gasteiger partial charge on any atom is -0.490 e. The molecule has 0 aliphatic rings. The summed E-state index contributed by atoms with van der Waals surface area (Å²) in [5, 5.41) is 10.9. The van der Waals surface area contributed by atoms with Gasteiger partial charge in [-0.25, -0.2) is 0 Å². The molecule has 0 heterocycles. The van der Waals surface area contributed by atoms with E-state index in [0.29, 0.717) is 24.5 Å². The summed E-state index contributed by atoms with van der Waals surface area (Å²) in [7, 11) is 1.58. The van der Waals surface area contributed by atoms with Crippen molar-refractivity contribution in [2.45, 2.75) is 6.92 Å². The monoisotopic (exact) mass is 248 g/mol.